The third-order valence-electron chi connectivity index (χ3n) is 10.7. The topological polar surface area (TPSA) is 89.5 Å². The average Bonchev–Trinajstić information content (AvgIpc) is 3.24. The van der Waals surface area contributed by atoms with E-state index in [1.807, 2.05) is 66.7 Å². The van der Waals surface area contributed by atoms with Crippen LogP contribution in [0.25, 0.3) is 11.1 Å². The van der Waals surface area contributed by atoms with Gasteiger partial charge in [0.15, 0.2) is 41.1 Å². The first-order chi connectivity index (χ1) is 27.5. The highest BCUT2D eigenvalue weighted by atomic mass is 19.2. The monoisotopic (exact) mass is 788 g/mol. The maximum absolute atomic E-state index is 14.3. The standard InChI is InChI=1S/C44H41F5N2O6/c1-24-35(22-51-15-14-30-18-33(54-2)34(55-3)19-32(30)21-51)56-44(57-42(24)27-12-10-25(23-52)11-13-27)31-9-5-8-29(17-31)28-7-4-6-26(16-28)20-50-43(53)36-37(45)39(47)41(49)40(48)38(36)46/h4-13,16-19,24,35,42,44,52H,14-15,20-23H2,1-3H3,(H,50,53). The van der Waals surface area contributed by atoms with Crippen LogP contribution in [0.4, 0.5) is 22.0 Å². The van der Waals surface area contributed by atoms with Gasteiger partial charge < -0.3 is 29.4 Å². The van der Waals surface area contributed by atoms with Crippen molar-refractivity contribution in [1.29, 1.82) is 0 Å². The van der Waals surface area contributed by atoms with Crippen LogP contribution in [0.3, 0.4) is 0 Å². The third kappa shape index (κ3) is 8.24. The first kappa shape index (κ1) is 39.9. The molecule has 1 fully saturated rings. The zero-order valence-electron chi connectivity index (χ0n) is 31.5. The lowest BCUT2D eigenvalue weighted by atomic mass is 9.89. The summed E-state index contributed by atoms with van der Waals surface area (Å²) >= 11 is 0. The van der Waals surface area contributed by atoms with Crippen LogP contribution in [0.2, 0.25) is 0 Å². The minimum atomic E-state index is -2.34. The lowest BCUT2D eigenvalue weighted by molar-refractivity contribution is -0.276. The van der Waals surface area contributed by atoms with E-state index >= 15 is 0 Å². The molecule has 0 radical (unpaired) electrons. The smallest absolute Gasteiger partial charge is 0.257 e. The fraction of sp³-hybridized carbons (Fsp3) is 0.295. The zero-order chi connectivity index (χ0) is 40.4. The Balaban J connectivity index is 1.12. The predicted octanol–water partition coefficient (Wildman–Crippen LogP) is 8.34. The number of halogens is 5. The Hall–Kier alpha value is -5.34. The number of fused-ring (bicyclic) bond motifs is 1. The average molecular weight is 789 g/mol. The normalized spacial score (nSPS) is 19.5. The van der Waals surface area contributed by atoms with E-state index in [0.29, 0.717) is 30.2 Å². The molecule has 8 nitrogen and oxygen atoms in total. The summed E-state index contributed by atoms with van der Waals surface area (Å²) in [5.41, 5.74) is 5.36. The Bertz CT molecular complexity index is 2240. The van der Waals surface area contributed by atoms with Crippen LogP contribution in [0.5, 0.6) is 11.5 Å². The van der Waals surface area contributed by atoms with Crippen molar-refractivity contribution in [3.05, 3.63) is 153 Å². The molecule has 5 aromatic carbocycles. The van der Waals surface area contributed by atoms with Crippen molar-refractivity contribution >= 4 is 5.91 Å². The minimum absolute atomic E-state index is 0.0482. The molecule has 13 heteroatoms. The summed E-state index contributed by atoms with van der Waals surface area (Å²) in [7, 11) is 3.25. The molecule has 2 N–H and O–H groups in total. The number of hydrogen-bond acceptors (Lipinski definition) is 7. The van der Waals surface area contributed by atoms with Gasteiger partial charge >= 0.3 is 0 Å². The van der Waals surface area contributed by atoms with E-state index in [4.69, 9.17) is 18.9 Å². The lowest BCUT2D eigenvalue weighted by Crippen LogP contribution is -2.45. The van der Waals surface area contributed by atoms with Crippen LogP contribution in [0, 0.1) is 35.0 Å². The SMILES string of the molecule is COc1cc2c(cc1OC)CN(CC1OC(c3cccc(-c4cccc(CNC(=O)c5c(F)c(F)c(F)c(F)c5F)c4)c3)OC(c3ccc(CO)cc3)C1C)CC2. The summed E-state index contributed by atoms with van der Waals surface area (Å²) in [6.07, 6.45) is -0.485. The molecule has 0 aromatic heterocycles. The minimum Gasteiger partial charge on any atom is -0.493 e. The second kappa shape index (κ2) is 17.0. The Morgan fingerprint density at radius 2 is 1.40 bits per heavy atom. The maximum atomic E-state index is 14.3. The van der Waals surface area contributed by atoms with Gasteiger partial charge in [0, 0.05) is 37.7 Å². The molecule has 0 saturated carbocycles. The highest BCUT2D eigenvalue weighted by Crippen LogP contribution is 2.43. The first-order valence-electron chi connectivity index (χ1n) is 18.4. The molecule has 7 rings (SSSR count). The van der Waals surface area contributed by atoms with Gasteiger partial charge in [0.05, 0.1) is 33.0 Å². The van der Waals surface area contributed by atoms with Crippen LogP contribution in [0.1, 0.15) is 63.1 Å². The van der Waals surface area contributed by atoms with Crippen LogP contribution < -0.4 is 14.8 Å². The number of methoxy groups -OCH3 is 2. The summed E-state index contributed by atoms with van der Waals surface area (Å²) in [6.45, 7) is 3.96. The summed E-state index contributed by atoms with van der Waals surface area (Å²) < 4.78 is 94.1. The fourth-order valence-electron chi connectivity index (χ4n) is 7.48. The Kier molecular flexibility index (Phi) is 11.9. The van der Waals surface area contributed by atoms with E-state index in [1.54, 1.807) is 32.4 Å². The molecule has 4 atom stereocenters. The van der Waals surface area contributed by atoms with E-state index < -0.39 is 46.8 Å². The first-order valence-corrected chi connectivity index (χ1v) is 18.4. The molecule has 2 heterocycles. The van der Waals surface area contributed by atoms with Gasteiger partial charge in [0.1, 0.15) is 5.56 Å². The molecule has 1 saturated heterocycles. The Morgan fingerprint density at radius 3 is 2.07 bits per heavy atom. The van der Waals surface area contributed by atoms with Crippen molar-refractivity contribution in [1.82, 2.24) is 10.2 Å². The van der Waals surface area contributed by atoms with E-state index in [0.717, 1.165) is 40.8 Å². The lowest BCUT2D eigenvalue weighted by Gasteiger charge is -2.43. The molecule has 0 bridgehead atoms. The van der Waals surface area contributed by atoms with Crippen LogP contribution in [0.15, 0.2) is 84.9 Å². The summed E-state index contributed by atoms with van der Waals surface area (Å²) in [5, 5.41) is 11.9. The van der Waals surface area contributed by atoms with Gasteiger partial charge in [-0.1, -0.05) is 67.6 Å². The van der Waals surface area contributed by atoms with Crippen LogP contribution in [-0.2, 0) is 35.6 Å². The second-order valence-corrected chi connectivity index (χ2v) is 14.2. The zero-order valence-corrected chi connectivity index (χ0v) is 31.5. The number of carbonyl (C=O) groups excluding carboxylic acids is 1. The molecule has 0 aliphatic carbocycles. The van der Waals surface area contributed by atoms with Crippen molar-refractivity contribution in [3.8, 4) is 22.6 Å². The van der Waals surface area contributed by atoms with Gasteiger partial charge in [-0.2, -0.15) is 0 Å². The van der Waals surface area contributed by atoms with Crippen LogP contribution in [-0.4, -0.2) is 49.3 Å². The van der Waals surface area contributed by atoms with Gasteiger partial charge in [-0.25, -0.2) is 22.0 Å². The molecule has 2 aliphatic heterocycles. The van der Waals surface area contributed by atoms with Crippen molar-refractivity contribution in [2.45, 2.75) is 51.5 Å². The number of rotatable bonds is 11. The molecular formula is C44H41F5N2O6. The Morgan fingerprint density at radius 1 is 0.772 bits per heavy atom. The van der Waals surface area contributed by atoms with Crippen molar-refractivity contribution < 1.29 is 50.8 Å². The maximum Gasteiger partial charge on any atom is 0.257 e. The number of amides is 1. The predicted molar refractivity (Wildman–Crippen MR) is 201 cm³/mol. The van der Waals surface area contributed by atoms with Gasteiger partial charge in [0.2, 0.25) is 5.82 Å². The largest absolute Gasteiger partial charge is 0.493 e. The van der Waals surface area contributed by atoms with Gasteiger partial charge in [-0.3, -0.25) is 9.69 Å². The number of aliphatic hydroxyl groups excluding tert-OH is 1. The van der Waals surface area contributed by atoms with Gasteiger partial charge in [-0.15, -0.1) is 0 Å². The Labute approximate surface area is 326 Å². The van der Waals surface area contributed by atoms with Crippen LogP contribution >= 0.6 is 0 Å². The van der Waals surface area contributed by atoms with Gasteiger partial charge in [-0.05, 0) is 69.6 Å². The summed E-state index contributed by atoms with van der Waals surface area (Å²) in [4.78, 5) is 15.0. The second-order valence-electron chi connectivity index (χ2n) is 14.2. The van der Waals surface area contributed by atoms with E-state index in [2.05, 4.69) is 17.1 Å². The number of benzene rings is 5. The molecule has 57 heavy (non-hydrogen) atoms. The number of nitrogens with one attached hydrogen (secondary N) is 1. The summed E-state index contributed by atoms with van der Waals surface area (Å²) in [5.74, 6) is -11.2. The van der Waals surface area contributed by atoms with Crippen molar-refractivity contribution in [2.24, 2.45) is 5.92 Å². The van der Waals surface area contributed by atoms with E-state index in [9.17, 15) is 31.9 Å². The highest BCUT2D eigenvalue weighted by molar-refractivity contribution is 5.94. The molecule has 0 spiro atoms. The highest BCUT2D eigenvalue weighted by Gasteiger charge is 2.40. The van der Waals surface area contributed by atoms with Crippen molar-refractivity contribution in [2.75, 3.05) is 27.3 Å². The molecule has 298 valence electrons. The molecule has 5 aromatic rings. The fourth-order valence-corrected chi connectivity index (χ4v) is 7.48. The van der Waals surface area contributed by atoms with E-state index in [-0.39, 0.29) is 31.3 Å². The molecular weight excluding hydrogens is 747 g/mol. The quantitative estimate of drug-likeness (QED) is 0.0791. The number of ether oxygens (including phenoxy) is 4. The van der Waals surface area contributed by atoms with Gasteiger partial charge in [0.25, 0.3) is 5.91 Å². The van der Waals surface area contributed by atoms with E-state index in [1.165, 1.54) is 11.1 Å². The summed E-state index contributed by atoms with van der Waals surface area (Å²) in [6, 6.07) is 26.4. The molecule has 1 amide bonds. The van der Waals surface area contributed by atoms with Crippen molar-refractivity contribution in [3.63, 3.8) is 0 Å². The number of hydrogen-bond donors (Lipinski definition) is 2. The molecule has 4 unspecified atom stereocenters. The molecule has 2 aliphatic rings. The third-order valence-corrected chi connectivity index (χ3v) is 10.7. The number of aliphatic hydroxyl groups is 1. The number of carbonyl (C=O) groups is 1. The number of nitrogens with zero attached hydrogens (tertiary/aromatic N) is 1.